The minimum Gasteiger partial charge on any atom is -0.383 e. The summed E-state index contributed by atoms with van der Waals surface area (Å²) in [6, 6.07) is 12.6. The first kappa shape index (κ1) is 17.5. The van der Waals surface area contributed by atoms with Crippen molar-refractivity contribution in [1.82, 2.24) is 4.98 Å². The van der Waals surface area contributed by atoms with Gasteiger partial charge in [-0.25, -0.2) is 9.37 Å². The first-order valence-electron chi connectivity index (χ1n) is 7.02. The Hall–Kier alpha value is -2.32. The highest BCUT2D eigenvalue weighted by Crippen LogP contribution is 2.38. The molecule has 3 aromatic rings. The van der Waals surface area contributed by atoms with Crippen molar-refractivity contribution in [2.24, 2.45) is 0 Å². The van der Waals surface area contributed by atoms with Gasteiger partial charge in [0.15, 0.2) is 0 Å². The van der Waals surface area contributed by atoms with Crippen LogP contribution in [0.5, 0.6) is 0 Å². The Morgan fingerprint density at radius 1 is 1.00 bits per heavy atom. The van der Waals surface area contributed by atoms with Gasteiger partial charge in [-0.15, -0.1) is 0 Å². The predicted molar refractivity (Wildman–Crippen MR) is 99.2 cm³/mol. The molecule has 0 saturated heterocycles. The van der Waals surface area contributed by atoms with Crippen molar-refractivity contribution in [2.75, 3.05) is 5.73 Å². The van der Waals surface area contributed by atoms with E-state index in [1.54, 1.807) is 18.2 Å². The summed E-state index contributed by atoms with van der Waals surface area (Å²) < 4.78 is 14.4. The number of nitrogens with two attached hydrogens (primary N) is 1. The fraction of sp³-hybridized carbons (Fsp3) is 0. The summed E-state index contributed by atoms with van der Waals surface area (Å²) in [5, 5.41) is 10.4. The third-order valence-electron chi connectivity index (χ3n) is 3.60. The van der Waals surface area contributed by atoms with Crippen LogP contribution in [0, 0.1) is 17.1 Å². The summed E-state index contributed by atoms with van der Waals surface area (Å²) in [7, 11) is 0. The van der Waals surface area contributed by atoms with Crippen LogP contribution < -0.4 is 5.73 Å². The monoisotopic (exact) mass is 391 g/mol. The SMILES string of the molecule is N#Cc1c(-c2c(F)cccc2Cl)cc(-c2cc(Cl)ccc2Cl)nc1N. The topological polar surface area (TPSA) is 62.7 Å². The molecule has 0 radical (unpaired) electrons. The van der Waals surface area contributed by atoms with Crippen molar-refractivity contribution in [3.63, 3.8) is 0 Å². The Balaban J connectivity index is 2.35. The number of nitriles is 1. The van der Waals surface area contributed by atoms with Crippen LogP contribution in [-0.2, 0) is 0 Å². The fourth-order valence-electron chi connectivity index (χ4n) is 2.47. The molecule has 0 aliphatic carbocycles. The summed E-state index contributed by atoms with van der Waals surface area (Å²) in [6.45, 7) is 0. The lowest BCUT2D eigenvalue weighted by Crippen LogP contribution is -2.01. The predicted octanol–water partition coefficient (Wildman–Crippen LogP) is 5.97. The Morgan fingerprint density at radius 3 is 2.44 bits per heavy atom. The molecule has 1 heterocycles. The highest BCUT2D eigenvalue weighted by Gasteiger charge is 2.19. The highest BCUT2D eigenvalue weighted by molar-refractivity contribution is 6.35. The van der Waals surface area contributed by atoms with Gasteiger partial charge < -0.3 is 5.73 Å². The van der Waals surface area contributed by atoms with Gasteiger partial charge in [0.2, 0.25) is 0 Å². The highest BCUT2D eigenvalue weighted by atomic mass is 35.5. The average molecular weight is 393 g/mol. The second kappa shape index (κ2) is 6.89. The zero-order valence-corrected chi connectivity index (χ0v) is 14.8. The van der Waals surface area contributed by atoms with Crippen LogP contribution in [-0.4, -0.2) is 4.98 Å². The molecular weight excluding hydrogens is 384 g/mol. The first-order valence-corrected chi connectivity index (χ1v) is 8.16. The summed E-state index contributed by atoms with van der Waals surface area (Å²) in [5.74, 6) is -0.622. The Labute approximate surface area is 158 Å². The van der Waals surface area contributed by atoms with E-state index in [0.29, 0.717) is 21.3 Å². The molecule has 7 heteroatoms. The minimum atomic E-state index is -0.572. The van der Waals surface area contributed by atoms with E-state index in [4.69, 9.17) is 40.5 Å². The van der Waals surface area contributed by atoms with E-state index < -0.39 is 5.82 Å². The summed E-state index contributed by atoms with van der Waals surface area (Å²) in [6.07, 6.45) is 0. The van der Waals surface area contributed by atoms with E-state index in [0.717, 1.165) is 0 Å². The van der Waals surface area contributed by atoms with Gasteiger partial charge in [0, 0.05) is 21.7 Å². The first-order chi connectivity index (χ1) is 11.9. The van der Waals surface area contributed by atoms with E-state index in [1.165, 1.54) is 24.3 Å². The van der Waals surface area contributed by atoms with Crippen LogP contribution in [0.1, 0.15) is 5.56 Å². The Morgan fingerprint density at radius 2 is 1.76 bits per heavy atom. The quantitative estimate of drug-likeness (QED) is 0.584. The normalized spacial score (nSPS) is 10.5. The molecule has 0 unspecified atom stereocenters. The fourth-order valence-corrected chi connectivity index (χ4v) is 3.12. The number of rotatable bonds is 2. The molecule has 124 valence electrons. The molecule has 0 spiro atoms. The molecular formula is C18H9Cl3FN3. The maximum absolute atomic E-state index is 14.4. The molecule has 2 N–H and O–H groups in total. The van der Waals surface area contributed by atoms with E-state index in [1.807, 2.05) is 6.07 Å². The van der Waals surface area contributed by atoms with Crippen LogP contribution >= 0.6 is 34.8 Å². The van der Waals surface area contributed by atoms with Crippen LogP contribution in [0.3, 0.4) is 0 Å². The van der Waals surface area contributed by atoms with Crippen molar-refractivity contribution < 1.29 is 4.39 Å². The van der Waals surface area contributed by atoms with Gasteiger partial charge in [-0.05, 0) is 36.4 Å². The Kier molecular flexibility index (Phi) is 4.82. The summed E-state index contributed by atoms with van der Waals surface area (Å²) in [5.41, 5.74) is 7.15. The molecule has 0 fully saturated rings. The van der Waals surface area contributed by atoms with Gasteiger partial charge in [-0.2, -0.15) is 5.26 Å². The van der Waals surface area contributed by atoms with Crippen LogP contribution in [0.2, 0.25) is 15.1 Å². The maximum Gasteiger partial charge on any atom is 0.142 e. The lowest BCUT2D eigenvalue weighted by atomic mass is 9.98. The van der Waals surface area contributed by atoms with Gasteiger partial charge in [-0.3, -0.25) is 0 Å². The average Bonchev–Trinajstić information content (AvgIpc) is 2.56. The third-order valence-corrected chi connectivity index (χ3v) is 4.48. The smallest absolute Gasteiger partial charge is 0.142 e. The molecule has 0 bridgehead atoms. The number of halogens is 4. The van der Waals surface area contributed by atoms with Crippen molar-refractivity contribution in [2.45, 2.75) is 0 Å². The van der Waals surface area contributed by atoms with Gasteiger partial charge in [0.1, 0.15) is 23.3 Å². The number of hydrogen-bond acceptors (Lipinski definition) is 3. The molecule has 0 amide bonds. The number of aromatic nitrogens is 1. The maximum atomic E-state index is 14.4. The number of pyridine rings is 1. The van der Waals surface area contributed by atoms with Gasteiger partial charge >= 0.3 is 0 Å². The number of nitrogens with zero attached hydrogens (tertiary/aromatic N) is 2. The second-order valence-corrected chi connectivity index (χ2v) is 6.40. The number of benzene rings is 2. The van der Waals surface area contributed by atoms with Crippen LogP contribution in [0.25, 0.3) is 22.4 Å². The van der Waals surface area contributed by atoms with Gasteiger partial charge in [0.05, 0.1) is 15.7 Å². The lowest BCUT2D eigenvalue weighted by Gasteiger charge is -2.13. The standard InChI is InChI=1S/C18H9Cl3FN3/c19-9-4-5-13(20)11(6-9)16-7-10(12(8-23)18(24)25-16)17-14(21)2-1-3-15(17)22/h1-7H,(H2,24,25). The molecule has 0 aliphatic rings. The third kappa shape index (κ3) is 3.27. The van der Waals surface area contributed by atoms with Crippen molar-refractivity contribution in [1.29, 1.82) is 5.26 Å². The van der Waals surface area contributed by atoms with Crippen molar-refractivity contribution in [3.05, 3.63) is 68.9 Å². The van der Waals surface area contributed by atoms with Crippen molar-refractivity contribution >= 4 is 40.6 Å². The summed E-state index contributed by atoms with van der Waals surface area (Å²) >= 11 is 18.4. The largest absolute Gasteiger partial charge is 0.383 e. The van der Waals surface area contributed by atoms with Gasteiger partial charge in [-0.1, -0.05) is 40.9 Å². The Bertz CT molecular complexity index is 1010. The molecule has 0 atom stereocenters. The minimum absolute atomic E-state index is 0.0360. The molecule has 25 heavy (non-hydrogen) atoms. The van der Waals surface area contributed by atoms with Crippen LogP contribution in [0.15, 0.2) is 42.5 Å². The molecule has 3 nitrogen and oxygen atoms in total. The number of anilines is 1. The molecule has 0 saturated carbocycles. The zero-order chi connectivity index (χ0) is 18.1. The number of hydrogen-bond donors (Lipinski definition) is 1. The molecule has 1 aromatic heterocycles. The summed E-state index contributed by atoms with van der Waals surface area (Å²) in [4.78, 5) is 4.21. The molecule has 3 rings (SSSR count). The number of nitrogen functional groups attached to an aromatic ring is 1. The van der Waals surface area contributed by atoms with Crippen LogP contribution in [0.4, 0.5) is 10.2 Å². The van der Waals surface area contributed by atoms with E-state index in [9.17, 15) is 9.65 Å². The van der Waals surface area contributed by atoms with E-state index in [2.05, 4.69) is 4.98 Å². The zero-order valence-electron chi connectivity index (χ0n) is 12.5. The van der Waals surface area contributed by atoms with Crippen molar-refractivity contribution in [3.8, 4) is 28.5 Å². The lowest BCUT2D eigenvalue weighted by molar-refractivity contribution is 0.631. The van der Waals surface area contributed by atoms with E-state index >= 15 is 0 Å². The van der Waals surface area contributed by atoms with E-state index in [-0.39, 0.29) is 27.5 Å². The van der Waals surface area contributed by atoms with Gasteiger partial charge in [0.25, 0.3) is 0 Å². The second-order valence-electron chi connectivity index (χ2n) is 5.15. The molecule has 0 aliphatic heterocycles. The molecule has 2 aromatic carbocycles.